The summed E-state index contributed by atoms with van der Waals surface area (Å²) >= 11 is 6.21. The Labute approximate surface area is 153 Å². The summed E-state index contributed by atoms with van der Waals surface area (Å²) in [4.78, 5) is 19.4. The van der Waals surface area contributed by atoms with Crippen LogP contribution in [0.5, 0.6) is 0 Å². The monoisotopic (exact) mass is 357 g/mol. The van der Waals surface area contributed by atoms with Gasteiger partial charge in [-0.05, 0) is 43.2 Å². The van der Waals surface area contributed by atoms with E-state index in [-0.39, 0.29) is 5.91 Å². The molecule has 2 aliphatic rings. The van der Waals surface area contributed by atoms with E-state index in [1.807, 2.05) is 35.4 Å². The van der Waals surface area contributed by atoms with Gasteiger partial charge in [-0.1, -0.05) is 29.8 Å². The highest BCUT2D eigenvalue weighted by atomic mass is 35.5. The van der Waals surface area contributed by atoms with Gasteiger partial charge in [0.2, 0.25) is 5.91 Å². The maximum absolute atomic E-state index is 12.7. The number of carbonyl (C=O) groups is 1. The number of aromatic nitrogens is 2. The van der Waals surface area contributed by atoms with E-state index >= 15 is 0 Å². The number of carbonyl (C=O) groups excluding carboxylic acids is 1. The molecular formula is C20H24ClN3O. The topological polar surface area (TPSA) is 38.1 Å². The lowest BCUT2D eigenvalue weighted by molar-refractivity contribution is -0.131. The summed E-state index contributed by atoms with van der Waals surface area (Å²) in [6, 6.07) is 7.61. The second-order valence-corrected chi connectivity index (χ2v) is 7.74. The summed E-state index contributed by atoms with van der Waals surface area (Å²) in [6.45, 7) is 2.69. The van der Waals surface area contributed by atoms with Gasteiger partial charge in [0.1, 0.15) is 5.82 Å². The highest BCUT2D eigenvalue weighted by molar-refractivity contribution is 6.31. The fraction of sp³-hybridized carbons (Fsp3) is 0.500. The molecule has 2 heterocycles. The fourth-order valence-electron chi connectivity index (χ4n) is 3.74. The van der Waals surface area contributed by atoms with Crippen LogP contribution in [0.25, 0.3) is 0 Å². The van der Waals surface area contributed by atoms with Gasteiger partial charge in [-0.3, -0.25) is 4.79 Å². The standard InChI is InChI=1S/C20H24ClN3O/c21-18-6-2-1-4-16(18)12-19(25)23-10-3-5-17(14-23)20-22-9-11-24(20)13-15-7-8-15/h1-2,4,6,9,11,15,17H,3,5,7-8,10,12-14H2/t17-/m1/s1. The summed E-state index contributed by atoms with van der Waals surface area (Å²) in [5, 5.41) is 0.671. The number of benzene rings is 1. The van der Waals surface area contributed by atoms with Crippen LogP contribution in [0.2, 0.25) is 5.02 Å². The fourth-order valence-corrected chi connectivity index (χ4v) is 3.95. The summed E-state index contributed by atoms with van der Waals surface area (Å²) in [5.74, 6) is 2.49. The number of amides is 1. The van der Waals surface area contributed by atoms with Crippen LogP contribution in [0, 0.1) is 5.92 Å². The average molecular weight is 358 g/mol. The van der Waals surface area contributed by atoms with Gasteiger partial charge in [0.05, 0.1) is 6.42 Å². The molecule has 0 bridgehead atoms. The largest absolute Gasteiger partial charge is 0.342 e. The van der Waals surface area contributed by atoms with E-state index in [0.29, 0.717) is 17.4 Å². The molecule has 132 valence electrons. The molecular weight excluding hydrogens is 334 g/mol. The van der Waals surface area contributed by atoms with Gasteiger partial charge in [0.15, 0.2) is 0 Å². The van der Waals surface area contributed by atoms with Crippen molar-refractivity contribution in [1.29, 1.82) is 0 Å². The molecule has 2 fully saturated rings. The first kappa shape index (κ1) is 16.6. The van der Waals surface area contributed by atoms with Crippen molar-refractivity contribution < 1.29 is 4.79 Å². The van der Waals surface area contributed by atoms with Crippen molar-refractivity contribution in [3.63, 3.8) is 0 Å². The highest BCUT2D eigenvalue weighted by Gasteiger charge is 2.29. The van der Waals surface area contributed by atoms with E-state index in [0.717, 1.165) is 49.8 Å². The number of halogens is 1. The van der Waals surface area contributed by atoms with E-state index in [1.54, 1.807) is 0 Å². The maximum atomic E-state index is 12.7. The van der Waals surface area contributed by atoms with Gasteiger partial charge in [-0.15, -0.1) is 0 Å². The first-order valence-electron chi connectivity index (χ1n) is 9.23. The molecule has 2 aromatic rings. The molecule has 0 spiro atoms. The van der Waals surface area contributed by atoms with Gasteiger partial charge in [-0.2, -0.15) is 0 Å². The van der Waals surface area contributed by atoms with Crippen LogP contribution in [-0.2, 0) is 17.8 Å². The van der Waals surface area contributed by atoms with Gasteiger partial charge in [0, 0.05) is 43.0 Å². The third kappa shape index (κ3) is 3.90. The third-order valence-corrected chi connectivity index (χ3v) is 5.71. The molecule has 1 saturated heterocycles. The van der Waals surface area contributed by atoms with Crippen LogP contribution in [0.4, 0.5) is 0 Å². The number of imidazole rings is 1. The number of rotatable bonds is 5. The van der Waals surface area contributed by atoms with Crippen molar-refractivity contribution in [2.24, 2.45) is 5.92 Å². The lowest BCUT2D eigenvalue weighted by atomic mass is 9.96. The van der Waals surface area contributed by atoms with Crippen LogP contribution >= 0.6 is 11.6 Å². The molecule has 1 aromatic heterocycles. The van der Waals surface area contributed by atoms with Gasteiger partial charge in [0.25, 0.3) is 0 Å². The molecule has 1 atom stereocenters. The van der Waals surface area contributed by atoms with Crippen molar-refractivity contribution >= 4 is 17.5 Å². The van der Waals surface area contributed by atoms with Crippen LogP contribution in [0.3, 0.4) is 0 Å². The third-order valence-electron chi connectivity index (χ3n) is 5.34. The second kappa shape index (κ2) is 7.20. The molecule has 1 saturated carbocycles. The first-order valence-corrected chi connectivity index (χ1v) is 9.60. The predicted molar refractivity (Wildman–Crippen MR) is 98.7 cm³/mol. The Bertz CT molecular complexity index is 753. The molecule has 1 aliphatic heterocycles. The number of piperidine rings is 1. The van der Waals surface area contributed by atoms with Crippen molar-refractivity contribution in [2.45, 2.75) is 44.6 Å². The van der Waals surface area contributed by atoms with E-state index < -0.39 is 0 Å². The lowest BCUT2D eigenvalue weighted by Crippen LogP contribution is -2.40. The minimum absolute atomic E-state index is 0.165. The maximum Gasteiger partial charge on any atom is 0.227 e. The Morgan fingerprint density at radius 2 is 2.08 bits per heavy atom. The zero-order chi connectivity index (χ0) is 17.2. The summed E-state index contributed by atoms with van der Waals surface area (Å²) in [5.41, 5.74) is 0.909. The summed E-state index contributed by atoms with van der Waals surface area (Å²) in [6.07, 6.45) is 9.20. The molecule has 4 rings (SSSR count). The lowest BCUT2D eigenvalue weighted by Gasteiger charge is -2.33. The Kier molecular flexibility index (Phi) is 4.80. The average Bonchev–Trinajstić information content (AvgIpc) is 3.32. The Hall–Kier alpha value is -1.81. The quantitative estimate of drug-likeness (QED) is 0.814. The Balaban J connectivity index is 1.43. The van der Waals surface area contributed by atoms with Crippen LogP contribution in [0.1, 0.15) is 43.0 Å². The van der Waals surface area contributed by atoms with E-state index in [4.69, 9.17) is 11.6 Å². The molecule has 1 aliphatic carbocycles. The van der Waals surface area contributed by atoms with E-state index in [9.17, 15) is 4.79 Å². The molecule has 0 unspecified atom stereocenters. The minimum Gasteiger partial charge on any atom is -0.342 e. The number of likely N-dealkylation sites (tertiary alicyclic amines) is 1. The molecule has 0 radical (unpaired) electrons. The highest BCUT2D eigenvalue weighted by Crippen LogP contribution is 2.33. The number of nitrogens with zero attached hydrogens (tertiary/aromatic N) is 3. The van der Waals surface area contributed by atoms with Crippen LogP contribution in [0.15, 0.2) is 36.7 Å². The van der Waals surface area contributed by atoms with Crippen LogP contribution < -0.4 is 0 Å². The first-order chi connectivity index (χ1) is 12.2. The van der Waals surface area contributed by atoms with Crippen molar-refractivity contribution in [3.05, 3.63) is 53.1 Å². The van der Waals surface area contributed by atoms with Crippen LogP contribution in [-0.4, -0.2) is 33.4 Å². The summed E-state index contributed by atoms with van der Waals surface area (Å²) < 4.78 is 2.31. The normalized spacial score (nSPS) is 20.7. The van der Waals surface area contributed by atoms with E-state index in [1.165, 1.54) is 12.8 Å². The Morgan fingerprint density at radius 3 is 2.88 bits per heavy atom. The van der Waals surface area contributed by atoms with Gasteiger partial charge >= 0.3 is 0 Å². The molecule has 25 heavy (non-hydrogen) atoms. The minimum atomic E-state index is 0.165. The van der Waals surface area contributed by atoms with Gasteiger partial charge in [-0.25, -0.2) is 4.98 Å². The second-order valence-electron chi connectivity index (χ2n) is 7.33. The zero-order valence-corrected chi connectivity index (χ0v) is 15.2. The van der Waals surface area contributed by atoms with Crippen molar-refractivity contribution in [2.75, 3.05) is 13.1 Å². The zero-order valence-electron chi connectivity index (χ0n) is 14.4. The SMILES string of the molecule is O=C(Cc1ccccc1Cl)N1CCC[C@@H](c2nccn2CC2CC2)C1. The predicted octanol–water partition coefficient (Wildman–Crippen LogP) is 3.90. The number of hydrogen-bond acceptors (Lipinski definition) is 2. The molecule has 1 amide bonds. The molecule has 0 N–H and O–H groups in total. The molecule has 4 nitrogen and oxygen atoms in total. The van der Waals surface area contributed by atoms with E-state index in [2.05, 4.69) is 15.7 Å². The number of hydrogen-bond donors (Lipinski definition) is 0. The van der Waals surface area contributed by atoms with Gasteiger partial charge < -0.3 is 9.47 Å². The summed E-state index contributed by atoms with van der Waals surface area (Å²) in [7, 11) is 0. The molecule has 1 aromatic carbocycles. The Morgan fingerprint density at radius 1 is 1.24 bits per heavy atom. The smallest absolute Gasteiger partial charge is 0.227 e. The van der Waals surface area contributed by atoms with Crippen molar-refractivity contribution in [3.8, 4) is 0 Å². The molecule has 5 heteroatoms. The van der Waals surface area contributed by atoms with Crippen molar-refractivity contribution in [1.82, 2.24) is 14.5 Å².